The first-order valence-electron chi connectivity index (χ1n) is 12.0. The van der Waals surface area contributed by atoms with E-state index in [4.69, 9.17) is 4.74 Å². The van der Waals surface area contributed by atoms with Crippen LogP contribution in [-0.4, -0.2) is 51.8 Å². The maximum absolute atomic E-state index is 14.6. The number of benzene rings is 1. The van der Waals surface area contributed by atoms with Gasteiger partial charge in [0.05, 0.1) is 25.2 Å². The molecule has 2 aliphatic rings. The summed E-state index contributed by atoms with van der Waals surface area (Å²) in [6.07, 6.45) is 11.0. The van der Waals surface area contributed by atoms with E-state index in [-0.39, 0.29) is 29.5 Å². The maximum atomic E-state index is 14.6. The van der Waals surface area contributed by atoms with Crippen LogP contribution in [0.15, 0.2) is 54.3 Å². The second-order valence-electron chi connectivity index (χ2n) is 10.1. The molecule has 0 spiro atoms. The molecule has 0 bridgehead atoms. The molecule has 9 heteroatoms. The van der Waals surface area contributed by atoms with Gasteiger partial charge in [0.1, 0.15) is 5.82 Å². The van der Waals surface area contributed by atoms with Crippen molar-refractivity contribution < 1.29 is 22.3 Å². The lowest BCUT2D eigenvalue weighted by Gasteiger charge is -2.37. The number of ether oxygens (including phenoxy) is 1. The number of allylic oxidation sites excluding steroid dienone is 4. The molecule has 7 nitrogen and oxygen atoms in total. The molecule has 1 unspecified atom stereocenters. The summed E-state index contributed by atoms with van der Waals surface area (Å²) < 4.78 is 45.3. The molecular formula is C27H36FN3O4S. The molecule has 1 aliphatic carbocycles. The number of carbonyl (C=O) groups is 1. The molecule has 196 valence electrons. The Morgan fingerprint density at radius 3 is 2.58 bits per heavy atom. The van der Waals surface area contributed by atoms with Gasteiger partial charge in [-0.25, -0.2) is 12.8 Å². The van der Waals surface area contributed by atoms with Gasteiger partial charge in [0.25, 0.3) is 0 Å². The lowest BCUT2D eigenvalue weighted by atomic mass is 9.80. The first-order valence-corrected chi connectivity index (χ1v) is 13.9. The van der Waals surface area contributed by atoms with Crippen LogP contribution < -0.4 is 10.0 Å². The highest BCUT2D eigenvalue weighted by Crippen LogP contribution is 2.36. The highest BCUT2D eigenvalue weighted by molar-refractivity contribution is 7.92. The zero-order chi connectivity index (χ0) is 26.5. The van der Waals surface area contributed by atoms with E-state index in [1.165, 1.54) is 29.5 Å². The van der Waals surface area contributed by atoms with Gasteiger partial charge < -0.3 is 15.0 Å². The van der Waals surface area contributed by atoms with E-state index in [0.29, 0.717) is 24.3 Å². The summed E-state index contributed by atoms with van der Waals surface area (Å²) in [6.45, 7) is 13.3. The Hall–Kier alpha value is -2.91. The fourth-order valence-electron chi connectivity index (χ4n) is 4.24. The minimum Gasteiger partial charge on any atom is -0.378 e. The van der Waals surface area contributed by atoms with E-state index in [9.17, 15) is 17.6 Å². The molecule has 1 heterocycles. The predicted molar refractivity (Wildman–Crippen MR) is 142 cm³/mol. The number of hydrogen-bond donors (Lipinski definition) is 2. The molecular weight excluding hydrogens is 481 g/mol. The fraction of sp³-hybridized carbons (Fsp3) is 0.444. The first-order chi connectivity index (χ1) is 16.9. The molecule has 1 aromatic rings. The lowest BCUT2D eigenvalue weighted by Crippen LogP contribution is -2.38. The zero-order valence-electron chi connectivity index (χ0n) is 21.4. The van der Waals surface area contributed by atoms with Gasteiger partial charge in [-0.05, 0) is 47.3 Å². The fourth-order valence-corrected chi connectivity index (χ4v) is 4.83. The van der Waals surface area contributed by atoms with Gasteiger partial charge in [0.2, 0.25) is 15.9 Å². The van der Waals surface area contributed by atoms with Crippen molar-refractivity contribution in [3.05, 3.63) is 71.2 Å². The number of carbonyl (C=O) groups excluding carboxylic acids is 1. The van der Waals surface area contributed by atoms with Crippen LogP contribution in [0.3, 0.4) is 0 Å². The number of halogens is 1. The minimum atomic E-state index is -3.65. The number of nitrogens with zero attached hydrogens (tertiary/aromatic N) is 1. The number of hydrogen-bond acceptors (Lipinski definition) is 5. The van der Waals surface area contributed by atoms with Gasteiger partial charge in [-0.1, -0.05) is 45.6 Å². The van der Waals surface area contributed by atoms with E-state index >= 15 is 0 Å². The summed E-state index contributed by atoms with van der Waals surface area (Å²) in [7, 11) is -3.65. The Bertz CT molecular complexity index is 1190. The summed E-state index contributed by atoms with van der Waals surface area (Å²) in [5.74, 6) is -0.950. The molecule has 1 saturated heterocycles. The van der Waals surface area contributed by atoms with E-state index in [0.717, 1.165) is 25.8 Å². The Kier molecular flexibility index (Phi) is 8.79. The van der Waals surface area contributed by atoms with Crippen molar-refractivity contribution in [1.29, 1.82) is 0 Å². The van der Waals surface area contributed by atoms with Crippen LogP contribution in [-0.2, 0) is 26.1 Å². The van der Waals surface area contributed by atoms with Crippen molar-refractivity contribution in [3.63, 3.8) is 0 Å². The van der Waals surface area contributed by atoms with E-state index < -0.39 is 15.8 Å². The molecule has 1 aromatic carbocycles. The number of sulfonamides is 1. The smallest absolute Gasteiger partial charge is 0.243 e. The van der Waals surface area contributed by atoms with Gasteiger partial charge in [-0.3, -0.25) is 9.52 Å². The topological polar surface area (TPSA) is 87.7 Å². The third kappa shape index (κ3) is 7.54. The van der Waals surface area contributed by atoms with Crippen molar-refractivity contribution in [1.82, 2.24) is 10.2 Å². The number of rotatable bonds is 8. The Labute approximate surface area is 213 Å². The van der Waals surface area contributed by atoms with Crippen molar-refractivity contribution in [2.45, 2.75) is 33.7 Å². The minimum absolute atomic E-state index is 0.0372. The summed E-state index contributed by atoms with van der Waals surface area (Å²) >= 11 is 0. The van der Waals surface area contributed by atoms with E-state index in [1.54, 1.807) is 6.07 Å². The van der Waals surface area contributed by atoms with Crippen LogP contribution in [0.25, 0.3) is 6.08 Å². The second-order valence-corrected chi connectivity index (χ2v) is 11.9. The molecule has 1 fully saturated rings. The highest BCUT2D eigenvalue weighted by atomic mass is 32.2. The third-order valence-electron chi connectivity index (χ3n) is 6.15. The largest absolute Gasteiger partial charge is 0.378 e. The molecule has 1 amide bonds. The average molecular weight is 518 g/mol. The Balaban J connectivity index is 1.69. The van der Waals surface area contributed by atoms with Crippen molar-refractivity contribution in [2.24, 2.45) is 11.3 Å². The van der Waals surface area contributed by atoms with Crippen LogP contribution >= 0.6 is 0 Å². The standard InChI is InChI=1S/C27H36FN3O4S/c1-6-20-15-19(16-23(28)26(20)30-36(5,33)34)18-29-25(32)10-8-21-7-9-22(27(2,3)4)17-24(21)31-11-13-35-14-12-31/h6,8-10,15-17,21,30H,1,7,11-14,18H2,2-5H3,(H,29,32)/b10-8+. The SMILES string of the molecule is C=Cc1cc(CNC(=O)/C=C/C2CC=C(C(C)(C)C)C=C2N2CCOCC2)cc(F)c1NS(C)(=O)=O. The van der Waals surface area contributed by atoms with Crippen molar-refractivity contribution in [3.8, 4) is 0 Å². The average Bonchev–Trinajstić information content (AvgIpc) is 2.82. The Morgan fingerprint density at radius 2 is 1.97 bits per heavy atom. The number of amides is 1. The van der Waals surface area contributed by atoms with Crippen LogP contribution in [0.1, 0.15) is 38.3 Å². The monoisotopic (exact) mass is 517 g/mol. The molecule has 0 radical (unpaired) electrons. The van der Waals surface area contributed by atoms with Crippen LogP contribution in [0.5, 0.6) is 0 Å². The van der Waals surface area contributed by atoms with Crippen LogP contribution in [0, 0.1) is 17.2 Å². The van der Waals surface area contributed by atoms with Gasteiger partial charge in [0, 0.05) is 36.8 Å². The summed E-state index contributed by atoms with van der Waals surface area (Å²) in [5, 5.41) is 2.78. The molecule has 3 rings (SSSR count). The molecule has 2 N–H and O–H groups in total. The predicted octanol–water partition coefficient (Wildman–Crippen LogP) is 4.22. The number of anilines is 1. The summed E-state index contributed by atoms with van der Waals surface area (Å²) in [4.78, 5) is 14.9. The molecule has 0 saturated carbocycles. The van der Waals surface area contributed by atoms with Gasteiger partial charge in [-0.15, -0.1) is 0 Å². The normalized spacial score (nSPS) is 19.0. The third-order valence-corrected chi connectivity index (χ3v) is 6.73. The molecule has 0 aromatic heterocycles. The molecule has 1 aliphatic heterocycles. The van der Waals surface area contributed by atoms with E-state index in [2.05, 4.69) is 54.4 Å². The Morgan fingerprint density at radius 1 is 1.28 bits per heavy atom. The second kappa shape index (κ2) is 11.4. The summed E-state index contributed by atoms with van der Waals surface area (Å²) in [5.41, 5.74) is 3.14. The number of morpholine rings is 1. The lowest BCUT2D eigenvalue weighted by molar-refractivity contribution is -0.116. The zero-order valence-corrected chi connectivity index (χ0v) is 22.3. The van der Waals surface area contributed by atoms with Gasteiger partial charge in [0.15, 0.2) is 0 Å². The highest BCUT2D eigenvalue weighted by Gasteiger charge is 2.26. The van der Waals surface area contributed by atoms with Gasteiger partial charge in [-0.2, -0.15) is 0 Å². The van der Waals surface area contributed by atoms with Gasteiger partial charge >= 0.3 is 0 Å². The van der Waals surface area contributed by atoms with Crippen molar-refractivity contribution >= 4 is 27.7 Å². The van der Waals surface area contributed by atoms with Crippen molar-refractivity contribution in [2.75, 3.05) is 37.3 Å². The van der Waals surface area contributed by atoms with E-state index in [1.807, 2.05) is 6.08 Å². The number of nitrogens with one attached hydrogen (secondary N) is 2. The quantitative estimate of drug-likeness (QED) is 0.504. The summed E-state index contributed by atoms with van der Waals surface area (Å²) in [6, 6.07) is 2.79. The molecule has 1 atom stereocenters. The van der Waals surface area contributed by atoms with Crippen LogP contribution in [0.2, 0.25) is 0 Å². The molecule has 36 heavy (non-hydrogen) atoms. The first kappa shape index (κ1) is 27.7. The van der Waals surface area contributed by atoms with Crippen LogP contribution in [0.4, 0.5) is 10.1 Å². The maximum Gasteiger partial charge on any atom is 0.243 e.